The second-order valence-corrected chi connectivity index (χ2v) is 10.2. The van der Waals surface area contributed by atoms with E-state index in [1.165, 1.54) is 31.5 Å². The first-order valence-electron chi connectivity index (χ1n) is 11.6. The van der Waals surface area contributed by atoms with Crippen molar-refractivity contribution in [3.63, 3.8) is 0 Å². The van der Waals surface area contributed by atoms with Crippen LogP contribution in [0.2, 0.25) is 0 Å². The lowest BCUT2D eigenvalue weighted by Crippen LogP contribution is -2.52. The number of aryl methyl sites for hydroxylation is 1. The third-order valence-corrected chi connectivity index (χ3v) is 7.40. The molecule has 0 bridgehead atoms. The second kappa shape index (κ2) is 9.52. The van der Waals surface area contributed by atoms with Crippen molar-refractivity contribution in [2.75, 3.05) is 37.5 Å². The van der Waals surface area contributed by atoms with Crippen LogP contribution in [0.3, 0.4) is 0 Å². The van der Waals surface area contributed by atoms with Crippen molar-refractivity contribution < 1.29 is 24.2 Å². The average Bonchev–Trinajstić information content (AvgIpc) is 3.25. The van der Waals surface area contributed by atoms with Crippen LogP contribution in [0.15, 0.2) is 40.4 Å². The highest BCUT2D eigenvalue weighted by Crippen LogP contribution is 2.37. The number of carbonyl (C=O) groups is 2. The Labute approximate surface area is 221 Å². The van der Waals surface area contributed by atoms with E-state index in [4.69, 9.17) is 14.5 Å². The Morgan fingerprint density at radius 1 is 1.26 bits per heavy atom. The summed E-state index contributed by atoms with van der Waals surface area (Å²) in [4.78, 5) is 52.0. The number of anilines is 2. The smallest absolute Gasteiger partial charge is 0.341 e. The van der Waals surface area contributed by atoms with Crippen LogP contribution in [0.4, 0.5) is 11.6 Å². The molecule has 5 heterocycles. The maximum atomic E-state index is 13.1. The number of nitrogens with zero attached hydrogens (tertiary/aromatic N) is 5. The number of amidine groups is 1. The first-order valence-corrected chi connectivity index (χ1v) is 12.4. The molecule has 0 spiro atoms. The molecule has 3 N–H and O–H groups in total. The molecule has 0 aromatic carbocycles. The van der Waals surface area contributed by atoms with E-state index in [9.17, 15) is 19.5 Å². The van der Waals surface area contributed by atoms with Crippen molar-refractivity contribution in [3.8, 4) is 5.75 Å². The number of ether oxygens (including phenoxy) is 2. The highest BCUT2D eigenvalue weighted by molar-refractivity contribution is 7.98. The Bertz CT molecular complexity index is 1530. The number of nitrogens with one attached hydrogen (secondary N) is 2. The van der Waals surface area contributed by atoms with Gasteiger partial charge >= 0.3 is 5.97 Å². The van der Waals surface area contributed by atoms with Gasteiger partial charge in [-0.2, -0.15) is 4.99 Å². The van der Waals surface area contributed by atoms with Crippen LogP contribution in [0.1, 0.15) is 22.8 Å². The number of methoxy groups -OCH3 is 2. The monoisotopic (exact) mass is 539 g/mol. The number of hydrogen-bond acceptors (Lipinski definition) is 11. The highest BCUT2D eigenvalue weighted by atomic mass is 32.2. The van der Waals surface area contributed by atoms with Gasteiger partial charge in [0.1, 0.15) is 28.6 Å². The molecule has 2 aliphatic heterocycles. The molecular formula is C24H25N7O6S. The molecule has 5 rings (SSSR count). The van der Waals surface area contributed by atoms with Crippen molar-refractivity contribution in [1.82, 2.24) is 19.3 Å². The van der Waals surface area contributed by atoms with Gasteiger partial charge in [-0.05, 0) is 37.6 Å². The Morgan fingerprint density at radius 3 is 2.63 bits per heavy atom. The van der Waals surface area contributed by atoms with E-state index in [2.05, 4.69) is 20.0 Å². The predicted molar refractivity (Wildman–Crippen MR) is 142 cm³/mol. The normalized spacial score (nSPS) is 18.9. The third kappa shape index (κ3) is 4.36. The number of aromatic carboxylic acids is 1. The Morgan fingerprint density at radius 2 is 2.03 bits per heavy atom. The summed E-state index contributed by atoms with van der Waals surface area (Å²) < 4.78 is 14.8. The largest absolute Gasteiger partial charge is 0.495 e. The van der Waals surface area contributed by atoms with Gasteiger partial charge in [-0.15, -0.1) is 0 Å². The molecule has 0 radical (unpaired) electrons. The summed E-state index contributed by atoms with van der Waals surface area (Å²) in [5.74, 6) is -0.203. The first kappa shape index (κ1) is 25.3. The molecule has 198 valence electrons. The summed E-state index contributed by atoms with van der Waals surface area (Å²) in [5.41, 5.74) is -0.157. The summed E-state index contributed by atoms with van der Waals surface area (Å²) in [6.07, 6.45) is 2.78. The Balaban J connectivity index is 1.46. The molecule has 0 saturated carbocycles. The number of fused-ring (bicyclic) bond motifs is 1. The fourth-order valence-corrected chi connectivity index (χ4v) is 5.08. The van der Waals surface area contributed by atoms with Gasteiger partial charge in [0.2, 0.25) is 16.3 Å². The molecule has 1 saturated heterocycles. The minimum absolute atomic E-state index is 0.165. The zero-order valence-corrected chi connectivity index (χ0v) is 21.8. The van der Waals surface area contributed by atoms with Gasteiger partial charge in [-0.1, -0.05) is 0 Å². The number of rotatable bonds is 6. The number of pyridine rings is 3. The van der Waals surface area contributed by atoms with Gasteiger partial charge in [0.15, 0.2) is 0 Å². The zero-order valence-electron chi connectivity index (χ0n) is 21.0. The van der Waals surface area contributed by atoms with E-state index in [1.807, 2.05) is 4.90 Å². The van der Waals surface area contributed by atoms with Crippen molar-refractivity contribution >= 4 is 52.5 Å². The Hall–Kier alpha value is -4.33. The maximum absolute atomic E-state index is 13.1. The summed E-state index contributed by atoms with van der Waals surface area (Å²) in [7, 11) is 3.00. The van der Waals surface area contributed by atoms with E-state index in [0.29, 0.717) is 36.0 Å². The summed E-state index contributed by atoms with van der Waals surface area (Å²) >= 11 is 1.19. The van der Waals surface area contributed by atoms with Crippen LogP contribution in [-0.4, -0.2) is 64.8 Å². The predicted octanol–water partition coefficient (Wildman–Crippen LogP) is 1.77. The number of aromatic nitrogens is 3. The van der Waals surface area contributed by atoms with Crippen LogP contribution < -0.4 is 25.1 Å². The molecule has 1 amide bonds. The quantitative estimate of drug-likeness (QED) is 0.392. The molecular weight excluding hydrogens is 514 g/mol. The fourth-order valence-electron chi connectivity index (χ4n) is 4.31. The standard InChI is InChI=1S/C24H25N7O6S/c1-12-7-17(30-9-13(10-30)21(33)26-16-6-5-14(36-3)8-25-16)27-20-18(12)19(32)15(22(34)35)11-31(20)24(2)28-23(37-4)29-38-24/h5-8,11,13H,9-10H2,1-4H3,(H,28,29)(H,34,35)(H,25,26,33). The van der Waals surface area contributed by atoms with E-state index < -0.39 is 16.4 Å². The lowest BCUT2D eigenvalue weighted by Gasteiger charge is -2.39. The van der Waals surface area contributed by atoms with E-state index in [-0.39, 0.29) is 34.4 Å². The van der Waals surface area contributed by atoms with Crippen molar-refractivity contribution in [2.24, 2.45) is 10.9 Å². The molecule has 13 nitrogen and oxygen atoms in total. The van der Waals surface area contributed by atoms with E-state index in [1.54, 1.807) is 43.7 Å². The van der Waals surface area contributed by atoms with E-state index >= 15 is 0 Å². The number of hydrogen-bond donors (Lipinski definition) is 3. The highest BCUT2D eigenvalue weighted by Gasteiger charge is 2.38. The van der Waals surface area contributed by atoms with Crippen LogP contribution in [0.5, 0.6) is 5.75 Å². The molecule has 14 heteroatoms. The maximum Gasteiger partial charge on any atom is 0.341 e. The molecule has 3 aromatic rings. The van der Waals surface area contributed by atoms with Gasteiger partial charge in [0.25, 0.3) is 6.02 Å². The topological polar surface area (TPSA) is 160 Å². The van der Waals surface area contributed by atoms with Crippen LogP contribution >= 0.6 is 11.9 Å². The lowest BCUT2D eigenvalue weighted by molar-refractivity contribution is -0.120. The summed E-state index contributed by atoms with van der Waals surface area (Å²) in [6, 6.07) is 5.37. The number of carboxylic acids is 1. The number of carbonyl (C=O) groups excluding carboxylic acids is 1. The third-order valence-electron chi connectivity index (χ3n) is 6.45. The average molecular weight is 540 g/mol. The SMILES string of the molecule is COC1=NC(C)(n2cc(C(=O)O)c(=O)c3c(C)cc(N4CC(C(=O)Nc5ccc(OC)cn5)C4)nc32)SN1. The van der Waals surface area contributed by atoms with Gasteiger partial charge in [0, 0.05) is 31.2 Å². The number of amides is 1. The van der Waals surface area contributed by atoms with Gasteiger partial charge in [0.05, 0.1) is 31.7 Å². The van der Waals surface area contributed by atoms with Crippen LogP contribution in [0, 0.1) is 12.8 Å². The summed E-state index contributed by atoms with van der Waals surface area (Å²) in [5, 5.41) is 12.7. The van der Waals surface area contributed by atoms with Crippen molar-refractivity contribution in [1.29, 1.82) is 0 Å². The molecule has 2 aliphatic rings. The van der Waals surface area contributed by atoms with Crippen molar-refractivity contribution in [2.45, 2.75) is 18.8 Å². The molecule has 0 aliphatic carbocycles. The van der Waals surface area contributed by atoms with Gasteiger partial charge < -0.3 is 24.8 Å². The molecule has 1 fully saturated rings. The van der Waals surface area contributed by atoms with Crippen molar-refractivity contribution in [3.05, 3.63) is 51.9 Å². The van der Waals surface area contributed by atoms with Gasteiger partial charge in [-0.25, -0.2) is 14.8 Å². The second-order valence-electron chi connectivity index (χ2n) is 8.98. The number of carboxylic acid groups (broad SMARTS) is 1. The lowest BCUT2D eigenvalue weighted by atomic mass is 9.98. The Kier molecular flexibility index (Phi) is 6.34. The minimum atomic E-state index is -1.34. The van der Waals surface area contributed by atoms with Crippen LogP contribution in [0.25, 0.3) is 11.0 Å². The fraction of sp³-hybridized carbons (Fsp3) is 0.333. The molecule has 3 aromatic heterocycles. The minimum Gasteiger partial charge on any atom is -0.495 e. The first-order chi connectivity index (χ1) is 18.1. The van der Waals surface area contributed by atoms with E-state index in [0.717, 1.165) is 0 Å². The molecule has 38 heavy (non-hydrogen) atoms. The molecule has 1 atom stereocenters. The zero-order chi connectivity index (χ0) is 27.2. The van der Waals surface area contributed by atoms with Crippen LogP contribution in [-0.2, 0) is 14.5 Å². The summed E-state index contributed by atoms with van der Waals surface area (Å²) in [6.45, 7) is 4.32. The number of aliphatic imine (C=N–C) groups is 1. The van der Waals surface area contributed by atoms with Gasteiger partial charge in [-0.3, -0.25) is 18.9 Å². The molecule has 1 unspecified atom stereocenters.